The molecule has 1 aromatic heterocycles. The molecule has 0 radical (unpaired) electrons. The molecule has 3 rings (SSSR count). The second-order valence-corrected chi connectivity index (χ2v) is 5.56. The van der Waals surface area contributed by atoms with Crippen LogP contribution in [0.15, 0.2) is 60.9 Å². The summed E-state index contributed by atoms with van der Waals surface area (Å²) < 4.78 is 4.76. The number of nitrogens with zero attached hydrogens (tertiary/aromatic N) is 3. The summed E-state index contributed by atoms with van der Waals surface area (Å²) in [5.74, 6) is -0.664. The van der Waals surface area contributed by atoms with Crippen LogP contribution < -0.4 is 10.6 Å². The van der Waals surface area contributed by atoms with Crippen LogP contribution >= 0.6 is 0 Å². The number of ether oxygens (including phenoxy) is 1. The molecule has 0 aliphatic heterocycles. The van der Waals surface area contributed by atoms with E-state index in [1.54, 1.807) is 48.5 Å². The number of nitrogens with one attached hydrogen (secondary N) is 2. The quantitative estimate of drug-likeness (QED) is 0.660. The van der Waals surface area contributed by atoms with Gasteiger partial charge in [0.1, 0.15) is 23.9 Å². The lowest BCUT2D eigenvalue weighted by Gasteiger charge is -2.11. The molecule has 0 saturated heterocycles. The van der Waals surface area contributed by atoms with Crippen LogP contribution in [0.5, 0.6) is 0 Å². The molecule has 28 heavy (non-hydrogen) atoms. The van der Waals surface area contributed by atoms with Gasteiger partial charge in [-0.1, -0.05) is 24.3 Å². The fourth-order valence-electron chi connectivity index (χ4n) is 2.44. The lowest BCUT2D eigenvalue weighted by atomic mass is 10.1. The highest BCUT2D eigenvalue weighted by Crippen LogP contribution is 2.21. The standard InChI is InChI=1S/C20H15N5O3/c1-28-20(27)14-7-3-5-9-16(14)24-18-10-17(22-12-23-18)19(26)25-15-8-4-2-6-13(15)11-21/h2-10,12H,1H3,(H,25,26)(H,22,23,24). The largest absolute Gasteiger partial charge is 0.465 e. The molecule has 0 spiro atoms. The highest BCUT2D eigenvalue weighted by molar-refractivity contribution is 6.04. The van der Waals surface area contributed by atoms with Gasteiger partial charge in [-0.05, 0) is 24.3 Å². The smallest absolute Gasteiger partial charge is 0.339 e. The van der Waals surface area contributed by atoms with Gasteiger partial charge in [-0.2, -0.15) is 5.26 Å². The Balaban J connectivity index is 1.83. The number of benzene rings is 2. The molecule has 0 atom stereocenters. The van der Waals surface area contributed by atoms with E-state index in [-0.39, 0.29) is 5.69 Å². The number of hydrogen-bond acceptors (Lipinski definition) is 7. The summed E-state index contributed by atoms with van der Waals surface area (Å²) in [5.41, 5.74) is 1.64. The third-order valence-corrected chi connectivity index (χ3v) is 3.79. The van der Waals surface area contributed by atoms with E-state index in [2.05, 4.69) is 20.6 Å². The van der Waals surface area contributed by atoms with Crippen molar-refractivity contribution < 1.29 is 14.3 Å². The molecular formula is C20H15N5O3. The van der Waals surface area contributed by atoms with E-state index < -0.39 is 11.9 Å². The van der Waals surface area contributed by atoms with Gasteiger partial charge in [0.2, 0.25) is 0 Å². The molecule has 0 aliphatic carbocycles. The number of rotatable bonds is 5. The Kier molecular flexibility index (Phi) is 5.58. The average molecular weight is 373 g/mol. The van der Waals surface area contributed by atoms with E-state index in [0.717, 1.165) is 0 Å². The topological polar surface area (TPSA) is 117 Å². The fraction of sp³-hybridized carbons (Fsp3) is 0.0500. The number of anilines is 3. The van der Waals surface area contributed by atoms with Gasteiger partial charge >= 0.3 is 5.97 Å². The number of para-hydroxylation sites is 2. The molecule has 0 bridgehead atoms. The zero-order valence-corrected chi connectivity index (χ0v) is 14.8. The molecule has 2 aromatic carbocycles. The zero-order valence-electron chi connectivity index (χ0n) is 14.8. The van der Waals surface area contributed by atoms with Crippen LogP contribution in [0.2, 0.25) is 0 Å². The van der Waals surface area contributed by atoms with Crippen molar-refractivity contribution in [1.29, 1.82) is 5.26 Å². The minimum atomic E-state index is -0.497. The van der Waals surface area contributed by atoms with Crippen LogP contribution in [0.4, 0.5) is 17.2 Å². The molecule has 1 amide bonds. The van der Waals surface area contributed by atoms with Gasteiger partial charge < -0.3 is 15.4 Å². The van der Waals surface area contributed by atoms with Crippen molar-refractivity contribution in [2.45, 2.75) is 0 Å². The van der Waals surface area contributed by atoms with Crippen LogP contribution in [0.3, 0.4) is 0 Å². The second-order valence-electron chi connectivity index (χ2n) is 5.56. The minimum Gasteiger partial charge on any atom is -0.465 e. The van der Waals surface area contributed by atoms with Crippen molar-refractivity contribution in [1.82, 2.24) is 9.97 Å². The summed E-state index contributed by atoms with van der Waals surface area (Å²) in [6.45, 7) is 0. The van der Waals surface area contributed by atoms with Crippen LogP contribution in [-0.4, -0.2) is 29.0 Å². The predicted molar refractivity (Wildman–Crippen MR) is 102 cm³/mol. The zero-order chi connectivity index (χ0) is 19.9. The Bertz CT molecular complexity index is 1080. The molecule has 8 heteroatoms. The fourth-order valence-corrected chi connectivity index (χ4v) is 2.44. The van der Waals surface area contributed by atoms with E-state index in [9.17, 15) is 9.59 Å². The van der Waals surface area contributed by atoms with Crippen LogP contribution in [0.25, 0.3) is 0 Å². The van der Waals surface area contributed by atoms with Gasteiger partial charge in [0.05, 0.1) is 29.6 Å². The Morgan fingerprint density at radius 1 is 1.04 bits per heavy atom. The first kappa shape index (κ1) is 18.5. The van der Waals surface area contributed by atoms with Crippen molar-refractivity contribution in [3.8, 4) is 6.07 Å². The monoisotopic (exact) mass is 373 g/mol. The Morgan fingerprint density at radius 3 is 2.50 bits per heavy atom. The predicted octanol–water partition coefficient (Wildman–Crippen LogP) is 3.13. The van der Waals surface area contributed by atoms with E-state index in [0.29, 0.717) is 28.3 Å². The summed E-state index contributed by atoms with van der Waals surface area (Å²) >= 11 is 0. The van der Waals surface area contributed by atoms with Crippen molar-refractivity contribution in [2.24, 2.45) is 0 Å². The lowest BCUT2D eigenvalue weighted by Crippen LogP contribution is -2.15. The lowest BCUT2D eigenvalue weighted by molar-refractivity contribution is 0.0601. The first-order valence-corrected chi connectivity index (χ1v) is 8.19. The highest BCUT2D eigenvalue weighted by Gasteiger charge is 2.14. The Hall–Kier alpha value is -4.25. The SMILES string of the molecule is COC(=O)c1ccccc1Nc1cc(C(=O)Nc2ccccc2C#N)ncn1. The second kappa shape index (κ2) is 8.42. The number of aromatic nitrogens is 2. The van der Waals surface area contributed by atoms with Crippen molar-refractivity contribution >= 4 is 29.1 Å². The molecule has 138 valence electrons. The number of methoxy groups -OCH3 is 1. The van der Waals surface area contributed by atoms with Gasteiger partial charge in [0.15, 0.2) is 0 Å². The summed E-state index contributed by atoms with van der Waals surface area (Å²) in [5, 5.41) is 14.8. The molecule has 8 nitrogen and oxygen atoms in total. The average Bonchev–Trinajstić information content (AvgIpc) is 2.74. The Morgan fingerprint density at radius 2 is 1.75 bits per heavy atom. The maximum atomic E-state index is 12.5. The molecule has 0 unspecified atom stereocenters. The first-order valence-electron chi connectivity index (χ1n) is 8.19. The molecule has 0 fully saturated rings. The van der Waals surface area contributed by atoms with Gasteiger partial charge in [-0.3, -0.25) is 4.79 Å². The summed E-state index contributed by atoms with van der Waals surface area (Å²) in [4.78, 5) is 32.4. The highest BCUT2D eigenvalue weighted by atomic mass is 16.5. The number of nitriles is 1. The number of carbonyl (C=O) groups excluding carboxylic acids is 2. The molecule has 3 aromatic rings. The van der Waals surface area contributed by atoms with Crippen molar-refractivity contribution in [3.63, 3.8) is 0 Å². The van der Waals surface area contributed by atoms with Crippen LogP contribution in [-0.2, 0) is 4.74 Å². The van der Waals surface area contributed by atoms with E-state index >= 15 is 0 Å². The summed E-state index contributed by atoms with van der Waals surface area (Å²) in [7, 11) is 1.30. The molecular weight excluding hydrogens is 358 g/mol. The molecule has 2 N–H and O–H groups in total. The normalized spacial score (nSPS) is 9.86. The van der Waals surface area contributed by atoms with Gasteiger partial charge in [-0.25, -0.2) is 14.8 Å². The molecule has 0 aliphatic rings. The Labute approximate surface area is 160 Å². The van der Waals surface area contributed by atoms with Crippen molar-refractivity contribution in [2.75, 3.05) is 17.7 Å². The van der Waals surface area contributed by atoms with Crippen LogP contribution in [0, 0.1) is 11.3 Å². The third kappa shape index (κ3) is 4.11. The van der Waals surface area contributed by atoms with Gasteiger partial charge in [0.25, 0.3) is 5.91 Å². The van der Waals surface area contributed by atoms with E-state index in [4.69, 9.17) is 10.00 Å². The number of esters is 1. The molecule has 0 saturated carbocycles. The van der Waals surface area contributed by atoms with E-state index in [1.807, 2.05) is 6.07 Å². The maximum Gasteiger partial charge on any atom is 0.339 e. The van der Waals surface area contributed by atoms with Gasteiger partial charge in [0, 0.05) is 6.07 Å². The summed E-state index contributed by atoms with van der Waals surface area (Å²) in [6.07, 6.45) is 1.23. The minimum absolute atomic E-state index is 0.0980. The number of hydrogen-bond donors (Lipinski definition) is 2. The third-order valence-electron chi connectivity index (χ3n) is 3.79. The number of carbonyl (C=O) groups is 2. The van der Waals surface area contributed by atoms with Gasteiger partial charge in [-0.15, -0.1) is 0 Å². The summed E-state index contributed by atoms with van der Waals surface area (Å²) in [6, 6.07) is 16.9. The van der Waals surface area contributed by atoms with Crippen LogP contribution in [0.1, 0.15) is 26.4 Å². The maximum absolute atomic E-state index is 12.5. The number of amides is 1. The first-order chi connectivity index (χ1) is 13.6. The van der Waals surface area contributed by atoms with E-state index in [1.165, 1.54) is 19.5 Å². The van der Waals surface area contributed by atoms with Crippen molar-refractivity contribution in [3.05, 3.63) is 77.7 Å². The molecule has 1 heterocycles.